The summed E-state index contributed by atoms with van der Waals surface area (Å²) in [5.41, 5.74) is 0.667. The number of alkyl halides is 3. The number of nitrogens with zero attached hydrogens (tertiary/aromatic N) is 3. The Hall–Kier alpha value is -3.07. The molecule has 0 aliphatic carbocycles. The molecule has 4 rings (SSSR count). The van der Waals surface area contributed by atoms with Gasteiger partial charge in [0, 0.05) is 31.9 Å². The molecule has 32 heavy (non-hydrogen) atoms. The van der Waals surface area contributed by atoms with Gasteiger partial charge in [-0.05, 0) is 35.9 Å². The number of benzene rings is 2. The van der Waals surface area contributed by atoms with E-state index < -0.39 is 17.8 Å². The summed E-state index contributed by atoms with van der Waals surface area (Å²) in [5.74, 6) is 0.263. The zero-order valence-corrected chi connectivity index (χ0v) is 17.6. The van der Waals surface area contributed by atoms with Crippen molar-refractivity contribution in [3.05, 3.63) is 59.7 Å². The molecule has 2 aromatic rings. The Kier molecular flexibility index (Phi) is 6.10. The third-order valence-corrected chi connectivity index (χ3v) is 6.01. The number of likely N-dealkylation sites (tertiary alicyclic amines) is 1. The van der Waals surface area contributed by atoms with Crippen LogP contribution in [0.2, 0.25) is 0 Å². The summed E-state index contributed by atoms with van der Waals surface area (Å²) in [7, 11) is 1.57. The highest BCUT2D eigenvalue weighted by atomic mass is 19.4. The number of amides is 2. The van der Waals surface area contributed by atoms with E-state index in [-0.39, 0.29) is 24.8 Å². The van der Waals surface area contributed by atoms with E-state index in [1.807, 2.05) is 21.9 Å². The Morgan fingerprint density at radius 2 is 1.69 bits per heavy atom. The number of halogens is 3. The summed E-state index contributed by atoms with van der Waals surface area (Å²) in [6, 6.07) is 11.9. The van der Waals surface area contributed by atoms with Crippen molar-refractivity contribution in [1.29, 1.82) is 0 Å². The third-order valence-electron chi connectivity index (χ3n) is 6.01. The zero-order valence-electron chi connectivity index (χ0n) is 17.6. The second-order valence-electron chi connectivity index (χ2n) is 7.96. The Morgan fingerprint density at radius 3 is 2.31 bits per heavy atom. The Morgan fingerprint density at radius 1 is 1.00 bits per heavy atom. The third kappa shape index (κ3) is 4.57. The predicted octanol–water partition coefficient (Wildman–Crippen LogP) is 3.16. The highest BCUT2D eigenvalue weighted by Crippen LogP contribution is 2.32. The maximum Gasteiger partial charge on any atom is 0.416 e. The molecule has 170 valence electrons. The van der Waals surface area contributed by atoms with Crippen LogP contribution in [0.3, 0.4) is 0 Å². The van der Waals surface area contributed by atoms with Crippen LogP contribution in [0.1, 0.15) is 17.5 Å². The number of ether oxygens (including phenoxy) is 1. The lowest BCUT2D eigenvalue weighted by molar-refractivity contribution is -0.140. The van der Waals surface area contributed by atoms with Gasteiger partial charge in [0.15, 0.2) is 0 Å². The maximum absolute atomic E-state index is 13.0. The van der Waals surface area contributed by atoms with Gasteiger partial charge in [0.2, 0.25) is 11.8 Å². The average molecular weight is 447 g/mol. The van der Waals surface area contributed by atoms with Gasteiger partial charge in [0.1, 0.15) is 5.75 Å². The van der Waals surface area contributed by atoms with E-state index in [9.17, 15) is 22.8 Å². The van der Waals surface area contributed by atoms with Gasteiger partial charge in [-0.2, -0.15) is 13.2 Å². The van der Waals surface area contributed by atoms with Gasteiger partial charge in [-0.1, -0.05) is 18.2 Å². The van der Waals surface area contributed by atoms with Crippen LogP contribution in [-0.4, -0.2) is 60.9 Å². The predicted molar refractivity (Wildman–Crippen MR) is 112 cm³/mol. The Balaban J connectivity index is 1.37. The minimum Gasteiger partial charge on any atom is -0.497 e. The van der Waals surface area contributed by atoms with Crippen LogP contribution >= 0.6 is 0 Å². The SMILES string of the molecule is COc1ccc(CN2C(=O)CC(N3CCN(c4cccc(C(F)(F)F)c4)CC3)C2=O)cc1. The van der Waals surface area contributed by atoms with Gasteiger partial charge < -0.3 is 9.64 Å². The lowest BCUT2D eigenvalue weighted by Crippen LogP contribution is -2.52. The van der Waals surface area contributed by atoms with E-state index in [4.69, 9.17) is 4.74 Å². The molecule has 1 atom stereocenters. The van der Waals surface area contributed by atoms with Crippen LogP contribution in [0.4, 0.5) is 18.9 Å². The fourth-order valence-electron chi connectivity index (χ4n) is 4.20. The second kappa shape index (κ2) is 8.82. The van der Waals surface area contributed by atoms with Crippen LogP contribution in [0.15, 0.2) is 48.5 Å². The molecule has 2 fully saturated rings. The first kappa shape index (κ1) is 22.1. The normalized spacial score (nSPS) is 20.2. The number of rotatable bonds is 5. The molecule has 2 amide bonds. The smallest absolute Gasteiger partial charge is 0.416 e. The number of methoxy groups -OCH3 is 1. The van der Waals surface area contributed by atoms with Crippen molar-refractivity contribution in [1.82, 2.24) is 9.80 Å². The number of carbonyl (C=O) groups is 2. The van der Waals surface area contributed by atoms with Crippen LogP contribution in [0.25, 0.3) is 0 Å². The Bertz CT molecular complexity index is 986. The zero-order chi connectivity index (χ0) is 22.9. The van der Waals surface area contributed by atoms with Crippen LogP contribution < -0.4 is 9.64 Å². The van der Waals surface area contributed by atoms with Crippen LogP contribution in [-0.2, 0) is 22.3 Å². The topological polar surface area (TPSA) is 53.1 Å². The maximum atomic E-state index is 13.0. The van der Waals surface area contributed by atoms with Gasteiger partial charge in [-0.25, -0.2) is 0 Å². The molecule has 0 N–H and O–H groups in total. The first-order valence-corrected chi connectivity index (χ1v) is 10.4. The van der Waals surface area contributed by atoms with Crippen LogP contribution in [0, 0.1) is 0 Å². The van der Waals surface area contributed by atoms with E-state index in [1.54, 1.807) is 25.3 Å². The summed E-state index contributed by atoms with van der Waals surface area (Å²) in [6.07, 6.45) is -4.26. The monoisotopic (exact) mass is 447 g/mol. The second-order valence-corrected chi connectivity index (χ2v) is 7.96. The molecule has 2 heterocycles. The minimum atomic E-state index is -4.39. The largest absolute Gasteiger partial charge is 0.497 e. The van der Waals surface area contributed by atoms with E-state index >= 15 is 0 Å². The number of hydrogen-bond donors (Lipinski definition) is 0. The van der Waals surface area contributed by atoms with Gasteiger partial charge in [0.05, 0.1) is 31.7 Å². The Labute approximate surface area is 184 Å². The first-order chi connectivity index (χ1) is 15.3. The van der Waals surface area contributed by atoms with Gasteiger partial charge >= 0.3 is 6.18 Å². The fraction of sp³-hybridized carbons (Fsp3) is 0.391. The van der Waals surface area contributed by atoms with Crippen LogP contribution in [0.5, 0.6) is 5.75 Å². The van der Waals surface area contributed by atoms with E-state index in [0.717, 1.165) is 17.7 Å². The number of carbonyl (C=O) groups excluding carboxylic acids is 2. The molecule has 0 bridgehead atoms. The van der Waals surface area contributed by atoms with Crippen molar-refractivity contribution in [3.63, 3.8) is 0 Å². The summed E-state index contributed by atoms with van der Waals surface area (Å²) >= 11 is 0. The molecule has 0 spiro atoms. The van der Waals surface area contributed by atoms with Crippen molar-refractivity contribution >= 4 is 17.5 Å². The average Bonchev–Trinajstić information content (AvgIpc) is 3.07. The molecular formula is C23H24F3N3O3. The lowest BCUT2D eigenvalue weighted by atomic mass is 10.1. The van der Waals surface area contributed by atoms with Gasteiger partial charge in [-0.3, -0.25) is 19.4 Å². The minimum absolute atomic E-state index is 0.124. The molecule has 2 aliphatic heterocycles. The summed E-state index contributed by atoms with van der Waals surface area (Å²) in [4.78, 5) is 30.6. The highest BCUT2D eigenvalue weighted by molar-refractivity contribution is 6.05. The van der Waals surface area contributed by atoms with E-state index in [1.165, 1.54) is 11.0 Å². The van der Waals surface area contributed by atoms with Crippen molar-refractivity contribution in [3.8, 4) is 5.75 Å². The fourth-order valence-corrected chi connectivity index (χ4v) is 4.20. The summed E-state index contributed by atoms with van der Waals surface area (Å²) < 4.78 is 44.1. The van der Waals surface area contributed by atoms with Crippen molar-refractivity contribution in [2.45, 2.75) is 25.2 Å². The molecule has 1 unspecified atom stereocenters. The van der Waals surface area contributed by atoms with Crippen molar-refractivity contribution < 1.29 is 27.5 Å². The molecule has 2 saturated heterocycles. The molecule has 0 radical (unpaired) electrons. The summed E-state index contributed by atoms with van der Waals surface area (Å²) in [5, 5.41) is 0. The number of anilines is 1. The highest BCUT2D eigenvalue weighted by Gasteiger charge is 2.42. The molecule has 0 aromatic heterocycles. The molecule has 2 aliphatic rings. The van der Waals surface area contributed by atoms with Gasteiger partial charge in [0.25, 0.3) is 0 Å². The lowest BCUT2D eigenvalue weighted by Gasteiger charge is -2.38. The number of hydrogen-bond acceptors (Lipinski definition) is 5. The summed E-state index contributed by atoms with van der Waals surface area (Å²) in [6.45, 7) is 2.17. The quantitative estimate of drug-likeness (QED) is 0.660. The molecule has 9 heteroatoms. The standard InChI is InChI=1S/C23H24F3N3O3/c1-32-19-7-5-16(6-8-19)15-29-21(30)14-20(22(29)31)28-11-9-27(10-12-28)18-4-2-3-17(13-18)23(24,25)26/h2-8,13,20H,9-12,14-15H2,1H3. The molecule has 6 nitrogen and oxygen atoms in total. The molecule has 0 saturated carbocycles. The van der Waals surface area contributed by atoms with E-state index in [2.05, 4.69) is 0 Å². The van der Waals surface area contributed by atoms with E-state index in [0.29, 0.717) is 37.6 Å². The first-order valence-electron chi connectivity index (χ1n) is 10.4. The molecule has 2 aromatic carbocycles. The van der Waals surface area contributed by atoms with Gasteiger partial charge in [-0.15, -0.1) is 0 Å². The number of imide groups is 1. The molecular weight excluding hydrogens is 423 g/mol. The van der Waals surface area contributed by atoms with Crippen molar-refractivity contribution in [2.75, 3.05) is 38.2 Å². The van der Waals surface area contributed by atoms with Crippen molar-refractivity contribution in [2.24, 2.45) is 0 Å². The number of piperazine rings is 1.